The minimum absolute atomic E-state index is 0.153. The topological polar surface area (TPSA) is 112 Å². The van der Waals surface area contributed by atoms with Crippen molar-refractivity contribution in [3.63, 3.8) is 0 Å². The number of hydrogen-bond donors (Lipinski definition) is 2. The third-order valence-electron chi connectivity index (χ3n) is 12.5. The van der Waals surface area contributed by atoms with Crippen molar-refractivity contribution in [3.8, 4) is 11.5 Å². The highest BCUT2D eigenvalue weighted by atomic mass is 16.5. The van der Waals surface area contributed by atoms with Gasteiger partial charge in [0.2, 0.25) is 11.8 Å². The van der Waals surface area contributed by atoms with Gasteiger partial charge in [0.05, 0.1) is 19.3 Å². The summed E-state index contributed by atoms with van der Waals surface area (Å²) in [5, 5.41) is 13.3. The number of fused-ring (bicyclic) bond motifs is 2. The van der Waals surface area contributed by atoms with E-state index in [4.69, 9.17) is 9.47 Å². The molecule has 4 aromatic carbocycles. The first-order valence-corrected chi connectivity index (χ1v) is 21.3. The second kappa shape index (κ2) is 18.2. The number of carbonyl (C=O) groups excluding carboxylic acids is 3. The quantitative estimate of drug-likeness (QED) is 0.0998. The van der Waals surface area contributed by atoms with Crippen molar-refractivity contribution in [3.05, 3.63) is 124 Å². The minimum atomic E-state index is -0.612. The summed E-state index contributed by atoms with van der Waals surface area (Å²) in [4.78, 5) is 43.4. The summed E-state index contributed by atoms with van der Waals surface area (Å²) in [7, 11) is 0. The van der Waals surface area contributed by atoms with Gasteiger partial charge in [0.15, 0.2) is 0 Å². The van der Waals surface area contributed by atoms with Crippen molar-refractivity contribution in [2.75, 3.05) is 50.8 Å². The van der Waals surface area contributed by atoms with Crippen molar-refractivity contribution in [2.45, 2.75) is 88.8 Å². The summed E-state index contributed by atoms with van der Waals surface area (Å²) >= 11 is 0. The van der Waals surface area contributed by atoms with E-state index in [1.807, 2.05) is 12.1 Å². The average Bonchev–Trinajstić information content (AvgIpc) is 3.57. The number of hydrogen-bond acceptors (Lipinski definition) is 8. The molecular weight excluding hydrogens is 729 g/mol. The molecule has 4 aliphatic rings. The summed E-state index contributed by atoms with van der Waals surface area (Å²) in [6, 6.07) is 31.5. The van der Waals surface area contributed by atoms with Gasteiger partial charge in [-0.1, -0.05) is 61.9 Å². The van der Waals surface area contributed by atoms with Gasteiger partial charge < -0.3 is 24.4 Å². The second-order valence-corrected chi connectivity index (χ2v) is 16.3. The molecule has 304 valence electrons. The van der Waals surface area contributed by atoms with E-state index in [1.165, 1.54) is 22.3 Å². The first kappa shape index (κ1) is 39.6. The number of benzene rings is 4. The number of piperidine rings is 1. The van der Waals surface area contributed by atoms with Crippen LogP contribution < -0.4 is 19.7 Å². The minimum Gasteiger partial charge on any atom is -0.494 e. The SMILES string of the molecule is CCCCOc1ccc2c(c1)CC[C@H](c1ccccc1)[C@@H]2c1ccc(OCCCC(O)CN2CCN(c3ccc4c(c3)CN(C3CCC(=O)NC3=O)C4=O)CC2)cc1. The van der Waals surface area contributed by atoms with Gasteiger partial charge in [-0.05, 0) is 115 Å². The number of imide groups is 1. The number of anilines is 1. The molecule has 3 amide bonds. The lowest BCUT2D eigenvalue weighted by atomic mass is 9.69. The second-order valence-electron chi connectivity index (χ2n) is 16.3. The van der Waals surface area contributed by atoms with Crippen LogP contribution in [0.1, 0.15) is 102 Å². The standard InChI is InChI=1S/C48H56N4O6/c1-2-3-27-58-40-17-20-42-35(30-40)13-18-41(33-8-5-4-6-9-33)46(42)34-11-15-39(16-12-34)57-28-7-10-38(53)32-50-23-25-51(26-24-50)37-14-19-43-36(29-37)31-52(48(43)56)44-21-22-45(54)49-47(44)55/h4-6,8-9,11-12,14-17,19-20,29-30,38,41,44,46,53H,2-3,7,10,13,18,21-28,31-32H2,1H3,(H,49,54,55)/t38?,41-,44?,46+/m1/s1. The van der Waals surface area contributed by atoms with Gasteiger partial charge >= 0.3 is 0 Å². The number of ether oxygens (including phenoxy) is 2. The van der Waals surface area contributed by atoms with Gasteiger partial charge in [-0.3, -0.25) is 24.6 Å². The zero-order valence-corrected chi connectivity index (χ0v) is 33.6. The summed E-state index contributed by atoms with van der Waals surface area (Å²) in [5.41, 5.74) is 8.03. The fraction of sp³-hybridized carbons (Fsp3) is 0.438. The molecule has 4 aromatic rings. The lowest BCUT2D eigenvalue weighted by Gasteiger charge is -2.37. The Morgan fingerprint density at radius 2 is 1.53 bits per heavy atom. The Balaban J connectivity index is 0.796. The van der Waals surface area contributed by atoms with Crippen molar-refractivity contribution in [1.82, 2.24) is 15.1 Å². The Morgan fingerprint density at radius 1 is 0.776 bits per heavy atom. The van der Waals surface area contributed by atoms with Crippen LogP contribution in [0, 0.1) is 0 Å². The molecule has 2 unspecified atom stereocenters. The van der Waals surface area contributed by atoms with E-state index in [1.54, 1.807) is 4.90 Å². The van der Waals surface area contributed by atoms with Crippen LogP contribution >= 0.6 is 0 Å². The molecule has 10 heteroatoms. The molecular formula is C48H56N4O6. The van der Waals surface area contributed by atoms with Crippen LogP contribution in [0.25, 0.3) is 0 Å². The maximum atomic E-state index is 13.1. The Morgan fingerprint density at radius 3 is 2.31 bits per heavy atom. The number of nitrogens with one attached hydrogen (secondary N) is 1. The van der Waals surface area contributed by atoms with Crippen LogP contribution in [0.2, 0.25) is 0 Å². The highest BCUT2D eigenvalue weighted by Crippen LogP contribution is 2.47. The Kier molecular flexibility index (Phi) is 12.4. The van der Waals surface area contributed by atoms with Gasteiger partial charge in [-0.15, -0.1) is 0 Å². The van der Waals surface area contributed by atoms with Crippen LogP contribution in [0.4, 0.5) is 5.69 Å². The molecule has 2 N–H and O–H groups in total. The maximum Gasteiger partial charge on any atom is 0.255 e. The summed E-state index contributed by atoms with van der Waals surface area (Å²) < 4.78 is 12.3. The molecule has 8 rings (SSSR count). The number of amides is 3. The number of unbranched alkanes of at least 4 members (excludes halogenated alkanes) is 1. The van der Waals surface area contributed by atoms with Crippen molar-refractivity contribution >= 4 is 23.4 Å². The van der Waals surface area contributed by atoms with Gasteiger partial charge in [0.25, 0.3) is 5.91 Å². The fourth-order valence-corrected chi connectivity index (χ4v) is 9.31. The number of piperazine rings is 1. The van der Waals surface area contributed by atoms with E-state index in [9.17, 15) is 19.5 Å². The Hall–Kier alpha value is -5.19. The normalized spacial score (nSPS) is 21.3. The van der Waals surface area contributed by atoms with E-state index in [2.05, 4.69) is 101 Å². The maximum absolute atomic E-state index is 13.1. The average molecular weight is 785 g/mol. The molecule has 4 atom stereocenters. The van der Waals surface area contributed by atoms with E-state index in [0.29, 0.717) is 44.0 Å². The van der Waals surface area contributed by atoms with Crippen molar-refractivity contribution < 1.29 is 29.0 Å². The molecule has 2 saturated heterocycles. The van der Waals surface area contributed by atoms with E-state index < -0.39 is 18.1 Å². The molecule has 1 aliphatic carbocycles. The Bertz CT molecular complexity index is 2060. The van der Waals surface area contributed by atoms with Gasteiger partial charge in [0, 0.05) is 62.9 Å². The molecule has 0 aromatic heterocycles. The number of aryl methyl sites for hydroxylation is 1. The lowest BCUT2D eigenvalue weighted by molar-refractivity contribution is -0.136. The number of rotatable bonds is 15. The smallest absolute Gasteiger partial charge is 0.255 e. The van der Waals surface area contributed by atoms with Crippen LogP contribution in [0.5, 0.6) is 11.5 Å². The molecule has 10 nitrogen and oxygen atoms in total. The summed E-state index contributed by atoms with van der Waals surface area (Å²) in [5.74, 6) is 1.63. The number of aliphatic hydroxyl groups is 1. The van der Waals surface area contributed by atoms with Crippen LogP contribution in [0.3, 0.4) is 0 Å². The zero-order chi connectivity index (χ0) is 40.0. The molecule has 0 radical (unpaired) electrons. The van der Waals surface area contributed by atoms with E-state index >= 15 is 0 Å². The van der Waals surface area contributed by atoms with Crippen LogP contribution in [0.15, 0.2) is 91.0 Å². The molecule has 0 saturated carbocycles. The Labute approximate surface area is 342 Å². The number of nitrogens with zero attached hydrogens (tertiary/aromatic N) is 3. The van der Waals surface area contributed by atoms with Crippen LogP contribution in [-0.2, 0) is 22.6 Å². The lowest BCUT2D eigenvalue weighted by Crippen LogP contribution is -2.52. The van der Waals surface area contributed by atoms with Crippen molar-refractivity contribution in [1.29, 1.82) is 0 Å². The zero-order valence-electron chi connectivity index (χ0n) is 33.6. The number of carbonyl (C=O) groups is 3. The molecule has 58 heavy (non-hydrogen) atoms. The third kappa shape index (κ3) is 8.93. The van der Waals surface area contributed by atoms with Gasteiger partial charge in [-0.25, -0.2) is 0 Å². The monoisotopic (exact) mass is 784 g/mol. The van der Waals surface area contributed by atoms with Gasteiger partial charge in [-0.2, -0.15) is 0 Å². The fourth-order valence-electron chi connectivity index (χ4n) is 9.31. The molecule has 0 spiro atoms. The first-order chi connectivity index (χ1) is 28.3. The number of β-amino-alcohol motifs (C(OH)–C–C–N with tert-alkyl or cyclic N) is 1. The van der Waals surface area contributed by atoms with Crippen molar-refractivity contribution in [2.24, 2.45) is 0 Å². The third-order valence-corrected chi connectivity index (χ3v) is 12.5. The summed E-state index contributed by atoms with van der Waals surface area (Å²) in [6.07, 6.45) is 5.91. The van der Waals surface area contributed by atoms with Crippen LogP contribution in [-0.4, -0.2) is 90.7 Å². The highest BCUT2D eigenvalue weighted by molar-refractivity contribution is 6.05. The molecule has 3 aliphatic heterocycles. The largest absolute Gasteiger partial charge is 0.494 e. The van der Waals surface area contributed by atoms with E-state index in [-0.39, 0.29) is 24.2 Å². The predicted octanol–water partition coefficient (Wildman–Crippen LogP) is 6.83. The molecule has 2 fully saturated rings. The predicted molar refractivity (Wildman–Crippen MR) is 225 cm³/mol. The summed E-state index contributed by atoms with van der Waals surface area (Å²) in [6.45, 7) is 7.80. The highest BCUT2D eigenvalue weighted by Gasteiger charge is 2.39. The molecule has 0 bridgehead atoms. The number of aliphatic hydroxyl groups excluding tert-OH is 1. The first-order valence-electron chi connectivity index (χ1n) is 21.3. The van der Waals surface area contributed by atoms with E-state index in [0.717, 1.165) is 87.6 Å². The molecule has 3 heterocycles. The van der Waals surface area contributed by atoms with Gasteiger partial charge in [0.1, 0.15) is 17.5 Å².